The van der Waals surface area contributed by atoms with Gasteiger partial charge in [0.2, 0.25) is 0 Å². The van der Waals surface area contributed by atoms with E-state index in [0.29, 0.717) is 0 Å². The summed E-state index contributed by atoms with van der Waals surface area (Å²) in [6.07, 6.45) is 2.04. The van der Waals surface area contributed by atoms with Gasteiger partial charge in [-0.2, -0.15) is 0 Å². The number of rotatable bonds is 3. The Hall–Kier alpha value is -4.28. The molecule has 7 aromatic rings. The summed E-state index contributed by atoms with van der Waals surface area (Å²) in [6.45, 7) is 10.9. The van der Waals surface area contributed by atoms with Crippen LogP contribution in [0.25, 0.3) is 59.5 Å². The lowest BCUT2D eigenvalue weighted by atomic mass is 9.94. The van der Waals surface area contributed by atoms with Crippen molar-refractivity contribution in [1.29, 1.82) is 0 Å². The molecule has 7 rings (SSSR count). The molecule has 0 N–H and O–H groups in total. The van der Waals surface area contributed by atoms with Crippen molar-refractivity contribution >= 4 is 42.7 Å². The van der Waals surface area contributed by atoms with Gasteiger partial charge in [0.25, 0.3) is 0 Å². The molecule has 4 aromatic carbocycles. The molecule has 3 heterocycles. The van der Waals surface area contributed by atoms with E-state index in [1.807, 2.05) is 6.20 Å². The number of thiophene rings is 1. The molecule has 0 saturated heterocycles. The van der Waals surface area contributed by atoms with E-state index < -0.39 is 0 Å². The minimum atomic E-state index is 0.969. The smallest absolute Gasteiger partial charge is 0.147 e. The van der Waals surface area contributed by atoms with Gasteiger partial charge in [-0.15, -0.1) is 11.3 Å². The lowest BCUT2D eigenvalue weighted by Gasteiger charge is -2.15. The predicted octanol–water partition coefficient (Wildman–Crippen LogP) is 9.66. The highest BCUT2D eigenvalue weighted by atomic mass is 32.1. The minimum absolute atomic E-state index is 0.969. The van der Waals surface area contributed by atoms with Gasteiger partial charge in [-0.25, -0.2) is 9.97 Å². The van der Waals surface area contributed by atoms with Crippen LogP contribution in [0.3, 0.4) is 0 Å². The van der Waals surface area contributed by atoms with Crippen molar-refractivity contribution in [3.63, 3.8) is 0 Å². The van der Waals surface area contributed by atoms with Gasteiger partial charge in [0.05, 0.1) is 16.7 Å². The Morgan fingerprint density at radius 3 is 2.18 bits per heavy atom. The van der Waals surface area contributed by atoms with Crippen LogP contribution in [0.15, 0.2) is 85.1 Å². The number of aromatic nitrogens is 3. The maximum absolute atomic E-state index is 5.21. The number of hydrogen-bond acceptors (Lipinski definition) is 3. The zero-order valence-corrected chi connectivity index (χ0v) is 23.6. The van der Waals surface area contributed by atoms with Crippen LogP contribution < -0.4 is 0 Å². The molecule has 3 nitrogen and oxygen atoms in total. The first-order valence-electron chi connectivity index (χ1n) is 13.3. The lowest BCUT2D eigenvalue weighted by Crippen LogP contribution is -2.02. The summed E-state index contributed by atoms with van der Waals surface area (Å²) in [5.74, 6) is 0.969. The summed E-state index contributed by atoms with van der Waals surface area (Å²) in [5, 5.41) is 2.42. The summed E-state index contributed by atoms with van der Waals surface area (Å²) in [7, 11) is 0. The summed E-state index contributed by atoms with van der Waals surface area (Å²) in [6, 6.07) is 28.4. The van der Waals surface area contributed by atoms with E-state index in [4.69, 9.17) is 9.97 Å². The molecule has 0 spiro atoms. The van der Waals surface area contributed by atoms with Crippen LogP contribution in [0.5, 0.6) is 0 Å². The van der Waals surface area contributed by atoms with E-state index in [0.717, 1.165) is 27.3 Å². The summed E-state index contributed by atoms with van der Waals surface area (Å²) >= 11 is 1.76. The van der Waals surface area contributed by atoms with Crippen LogP contribution in [0.4, 0.5) is 0 Å². The number of pyridine rings is 1. The Labute approximate surface area is 232 Å². The van der Waals surface area contributed by atoms with Crippen molar-refractivity contribution in [2.45, 2.75) is 34.6 Å². The molecule has 190 valence electrons. The van der Waals surface area contributed by atoms with E-state index >= 15 is 0 Å². The predicted molar refractivity (Wildman–Crippen MR) is 166 cm³/mol. The Balaban J connectivity index is 1.51. The highest BCUT2D eigenvalue weighted by Crippen LogP contribution is 2.42. The van der Waals surface area contributed by atoms with Crippen LogP contribution in [0.2, 0.25) is 0 Å². The molecule has 0 aliphatic heterocycles. The van der Waals surface area contributed by atoms with Gasteiger partial charge in [0, 0.05) is 32.8 Å². The molecule has 0 unspecified atom stereocenters. The molecule has 0 fully saturated rings. The molecule has 0 aliphatic carbocycles. The van der Waals surface area contributed by atoms with Crippen LogP contribution >= 0.6 is 11.3 Å². The van der Waals surface area contributed by atoms with Crippen molar-refractivity contribution in [1.82, 2.24) is 14.5 Å². The quantitative estimate of drug-likeness (QED) is 0.231. The molecule has 0 aliphatic rings. The molecule has 0 amide bonds. The maximum atomic E-state index is 5.21. The van der Waals surface area contributed by atoms with Crippen LogP contribution in [-0.4, -0.2) is 14.5 Å². The molecule has 3 aromatic heterocycles. The number of hydrogen-bond donors (Lipinski definition) is 0. The lowest BCUT2D eigenvalue weighted by molar-refractivity contribution is 1.07. The largest absolute Gasteiger partial charge is 0.292 e. The van der Waals surface area contributed by atoms with Gasteiger partial charge < -0.3 is 0 Å². The fraction of sp³-hybridized carbons (Fsp3) is 0.143. The fourth-order valence-electron chi connectivity index (χ4n) is 6.22. The average Bonchev–Trinajstić information content (AvgIpc) is 3.47. The Morgan fingerprint density at radius 1 is 0.692 bits per heavy atom. The number of nitrogens with zero attached hydrogens (tertiary/aromatic N) is 3. The molecular weight excluding hydrogens is 494 g/mol. The maximum Gasteiger partial charge on any atom is 0.147 e. The first-order valence-corrected chi connectivity index (χ1v) is 14.2. The Bertz CT molecular complexity index is 2030. The second-order valence-electron chi connectivity index (χ2n) is 10.6. The topological polar surface area (TPSA) is 30.7 Å². The normalized spacial score (nSPS) is 11.7. The van der Waals surface area contributed by atoms with Gasteiger partial charge in [-0.3, -0.25) is 4.57 Å². The molecule has 4 heteroatoms. The second kappa shape index (κ2) is 8.89. The van der Waals surface area contributed by atoms with Gasteiger partial charge in [0.1, 0.15) is 10.7 Å². The van der Waals surface area contributed by atoms with E-state index in [-0.39, 0.29) is 0 Å². The molecule has 0 radical (unpaired) electrons. The number of imidazole rings is 1. The number of fused-ring (bicyclic) bond motifs is 4. The van der Waals surface area contributed by atoms with Crippen LogP contribution in [-0.2, 0) is 0 Å². The van der Waals surface area contributed by atoms with Crippen molar-refractivity contribution in [3.05, 3.63) is 113 Å². The zero-order valence-electron chi connectivity index (χ0n) is 22.8. The SMILES string of the molecule is Cc1cc(C)c(-c2cnc3sc4c(-c5nc6ccccc6n5-c5c(C)cccc5C)cccc4c3c2)c(C)c1. The second-order valence-corrected chi connectivity index (χ2v) is 11.6. The van der Waals surface area contributed by atoms with Crippen molar-refractivity contribution in [3.8, 4) is 28.2 Å². The first kappa shape index (κ1) is 23.8. The monoisotopic (exact) mass is 523 g/mol. The third-order valence-electron chi connectivity index (χ3n) is 7.79. The fourth-order valence-corrected chi connectivity index (χ4v) is 7.36. The molecule has 39 heavy (non-hydrogen) atoms. The van der Waals surface area contributed by atoms with E-state index in [1.54, 1.807) is 11.3 Å². The third-order valence-corrected chi connectivity index (χ3v) is 8.95. The molecular formula is C35H29N3S. The van der Waals surface area contributed by atoms with Gasteiger partial charge in [0.15, 0.2) is 0 Å². The number of aryl methyl sites for hydroxylation is 5. The highest BCUT2D eigenvalue weighted by Gasteiger charge is 2.21. The summed E-state index contributed by atoms with van der Waals surface area (Å²) < 4.78 is 3.56. The van der Waals surface area contributed by atoms with Crippen LogP contribution in [0.1, 0.15) is 27.8 Å². The van der Waals surface area contributed by atoms with Crippen molar-refractivity contribution in [2.75, 3.05) is 0 Å². The molecule has 0 saturated carbocycles. The molecule has 0 bridgehead atoms. The van der Waals surface area contributed by atoms with E-state index in [2.05, 4.69) is 118 Å². The van der Waals surface area contributed by atoms with Gasteiger partial charge >= 0.3 is 0 Å². The zero-order chi connectivity index (χ0) is 26.8. The Morgan fingerprint density at radius 2 is 1.41 bits per heavy atom. The number of benzene rings is 4. The van der Waals surface area contributed by atoms with Gasteiger partial charge in [-0.1, -0.05) is 60.2 Å². The average molecular weight is 524 g/mol. The van der Waals surface area contributed by atoms with E-state index in [9.17, 15) is 0 Å². The van der Waals surface area contributed by atoms with Crippen molar-refractivity contribution < 1.29 is 0 Å². The first-order chi connectivity index (χ1) is 18.9. The minimum Gasteiger partial charge on any atom is -0.292 e. The summed E-state index contributed by atoms with van der Waals surface area (Å²) in [5.41, 5.74) is 13.2. The number of para-hydroxylation sites is 3. The highest BCUT2D eigenvalue weighted by molar-refractivity contribution is 7.26. The van der Waals surface area contributed by atoms with E-state index in [1.165, 1.54) is 60.1 Å². The standard InChI is InChI=1S/C35H29N3S/c1-20-16-23(4)31(24(5)17-20)25-18-28-26-12-9-13-27(33(26)39-35(28)36-19-25)34-37-29-14-6-7-15-30(29)38(34)32-21(2)10-8-11-22(32)3/h6-19H,1-5H3. The third kappa shape index (κ3) is 3.70. The van der Waals surface area contributed by atoms with Crippen molar-refractivity contribution in [2.24, 2.45) is 0 Å². The van der Waals surface area contributed by atoms with Crippen LogP contribution in [0, 0.1) is 34.6 Å². The Kier molecular flexibility index (Phi) is 5.43. The van der Waals surface area contributed by atoms with Gasteiger partial charge in [-0.05, 0) is 86.7 Å². The molecule has 0 atom stereocenters. The summed E-state index contributed by atoms with van der Waals surface area (Å²) in [4.78, 5) is 11.2.